The van der Waals surface area contributed by atoms with Crippen LogP contribution in [0.4, 0.5) is 0 Å². The van der Waals surface area contributed by atoms with Crippen molar-refractivity contribution in [2.75, 3.05) is 0 Å². The molecule has 0 heterocycles. The van der Waals surface area contributed by atoms with Crippen molar-refractivity contribution in [3.63, 3.8) is 0 Å². The van der Waals surface area contributed by atoms with Crippen LogP contribution in [-0.2, 0) is 16.0 Å². The number of ether oxygens (including phenoxy) is 1. The number of rotatable bonds is 5. The van der Waals surface area contributed by atoms with Gasteiger partial charge in [0.2, 0.25) is 5.91 Å². The molecule has 0 aliphatic heterocycles. The predicted octanol–water partition coefficient (Wildman–Crippen LogP) is 3.11. The molecule has 0 spiro atoms. The summed E-state index contributed by atoms with van der Waals surface area (Å²) in [5.41, 5.74) is 7.48. The van der Waals surface area contributed by atoms with E-state index in [0.29, 0.717) is 10.8 Å². The summed E-state index contributed by atoms with van der Waals surface area (Å²) in [5.74, 6) is -0.0697. The minimum absolute atomic E-state index is 0.142. The molecule has 0 aromatic heterocycles. The van der Waals surface area contributed by atoms with E-state index in [1.54, 1.807) is 31.2 Å². The largest absolute Gasteiger partial charge is 0.480 e. The Hall–Kier alpha value is -2.53. The van der Waals surface area contributed by atoms with Gasteiger partial charge in [-0.25, -0.2) is 0 Å². The number of benzene rings is 2. The molecule has 1 atom stereocenters. The van der Waals surface area contributed by atoms with Gasteiger partial charge in [0.15, 0.2) is 6.10 Å². The summed E-state index contributed by atoms with van der Waals surface area (Å²) in [6, 6.07) is 12.7. The van der Waals surface area contributed by atoms with Gasteiger partial charge in [0.25, 0.3) is 5.91 Å². The van der Waals surface area contributed by atoms with Gasteiger partial charge in [-0.2, -0.15) is 0 Å². The average Bonchev–Trinajstić information content (AvgIpc) is 2.58. The molecule has 0 aliphatic carbocycles. The van der Waals surface area contributed by atoms with Gasteiger partial charge in [0, 0.05) is 5.02 Å². The van der Waals surface area contributed by atoms with Crippen molar-refractivity contribution in [1.82, 2.24) is 10.9 Å². The second-order valence-electron chi connectivity index (χ2n) is 5.82. The van der Waals surface area contributed by atoms with Crippen LogP contribution in [0.5, 0.6) is 5.75 Å². The van der Waals surface area contributed by atoms with Gasteiger partial charge in [0.05, 0.1) is 6.42 Å². The van der Waals surface area contributed by atoms with Gasteiger partial charge in [-0.15, -0.1) is 0 Å². The van der Waals surface area contributed by atoms with E-state index in [0.717, 1.165) is 16.7 Å². The Balaban J connectivity index is 1.84. The van der Waals surface area contributed by atoms with E-state index in [-0.39, 0.29) is 12.3 Å². The topological polar surface area (TPSA) is 67.4 Å². The first-order chi connectivity index (χ1) is 11.9. The van der Waals surface area contributed by atoms with Crippen LogP contribution < -0.4 is 15.6 Å². The van der Waals surface area contributed by atoms with E-state index in [2.05, 4.69) is 10.9 Å². The highest BCUT2D eigenvalue weighted by Gasteiger charge is 2.17. The zero-order valence-electron chi connectivity index (χ0n) is 14.4. The summed E-state index contributed by atoms with van der Waals surface area (Å²) < 4.78 is 5.72. The highest BCUT2D eigenvalue weighted by molar-refractivity contribution is 6.30. The second-order valence-corrected chi connectivity index (χ2v) is 6.26. The van der Waals surface area contributed by atoms with Gasteiger partial charge in [-0.05, 0) is 49.6 Å². The van der Waals surface area contributed by atoms with E-state index in [9.17, 15) is 9.59 Å². The van der Waals surface area contributed by atoms with Gasteiger partial charge >= 0.3 is 0 Å². The van der Waals surface area contributed by atoms with E-state index >= 15 is 0 Å². The van der Waals surface area contributed by atoms with Crippen molar-refractivity contribution in [2.45, 2.75) is 33.3 Å². The Labute approximate surface area is 152 Å². The molecule has 0 fully saturated rings. The summed E-state index contributed by atoms with van der Waals surface area (Å²) in [6.07, 6.45) is -0.598. The van der Waals surface area contributed by atoms with Crippen LogP contribution in [0.15, 0.2) is 42.5 Å². The lowest BCUT2D eigenvalue weighted by Gasteiger charge is -2.18. The molecule has 6 heteroatoms. The molecule has 0 unspecified atom stereocenters. The smallest absolute Gasteiger partial charge is 0.279 e. The Kier molecular flexibility index (Phi) is 6.42. The molecule has 2 aromatic rings. The highest BCUT2D eigenvalue weighted by atomic mass is 35.5. The number of aryl methyl sites for hydroxylation is 2. The van der Waals surface area contributed by atoms with Crippen molar-refractivity contribution in [3.8, 4) is 5.75 Å². The highest BCUT2D eigenvalue weighted by Crippen LogP contribution is 2.23. The molecule has 0 saturated carbocycles. The fourth-order valence-corrected chi connectivity index (χ4v) is 2.41. The maximum atomic E-state index is 12.1. The molecule has 2 N–H and O–H groups in total. The molecule has 0 aliphatic rings. The van der Waals surface area contributed by atoms with Crippen molar-refractivity contribution in [3.05, 3.63) is 64.2 Å². The number of carbonyl (C=O) groups excluding carboxylic acids is 2. The van der Waals surface area contributed by atoms with Crippen LogP contribution in [0.3, 0.4) is 0 Å². The maximum Gasteiger partial charge on any atom is 0.279 e. The van der Waals surface area contributed by atoms with E-state index in [1.165, 1.54) is 0 Å². The van der Waals surface area contributed by atoms with E-state index in [4.69, 9.17) is 16.3 Å². The van der Waals surface area contributed by atoms with Crippen LogP contribution >= 0.6 is 11.6 Å². The minimum atomic E-state index is -0.740. The zero-order chi connectivity index (χ0) is 18.4. The molecule has 0 bridgehead atoms. The van der Waals surface area contributed by atoms with Crippen molar-refractivity contribution in [1.29, 1.82) is 0 Å². The van der Waals surface area contributed by atoms with Crippen molar-refractivity contribution >= 4 is 23.4 Å². The number of hydrogen-bond acceptors (Lipinski definition) is 3. The number of nitrogens with one attached hydrogen (secondary N) is 2. The second kappa shape index (κ2) is 8.53. The molecule has 132 valence electrons. The third kappa shape index (κ3) is 5.50. The first-order valence-electron chi connectivity index (χ1n) is 7.93. The van der Waals surface area contributed by atoms with Crippen molar-refractivity contribution < 1.29 is 14.3 Å². The molecule has 2 rings (SSSR count). The molecule has 0 radical (unpaired) electrons. The lowest BCUT2D eigenvalue weighted by Crippen LogP contribution is -2.47. The molecular weight excluding hydrogens is 340 g/mol. The number of para-hydroxylation sites is 1. The fourth-order valence-electron chi connectivity index (χ4n) is 2.28. The monoisotopic (exact) mass is 360 g/mol. The Morgan fingerprint density at radius 2 is 1.64 bits per heavy atom. The number of halogens is 1. The zero-order valence-corrected chi connectivity index (χ0v) is 15.2. The van der Waals surface area contributed by atoms with E-state index < -0.39 is 12.0 Å². The van der Waals surface area contributed by atoms with Crippen molar-refractivity contribution in [2.24, 2.45) is 0 Å². The Bertz CT molecular complexity index is 740. The molecule has 2 amide bonds. The first kappa shape index (κ1) is 18.8. The molecule has 2 aromatic carbocycles. The third-order valence-electron chi connectivity index (χ3n) is 3.68. The van der Waals surface area contributed by atoms with Gasteiger partial charge < -0.3 is 4.74 Å². The third-order valence-corrected chi connectivity index (χ3v) is 3.93. The average molecular weight is 361 g/mol. The quantitative estimate of drug-likeness (QED) is 0.805. The lowest BCUT2D eigenvalue weighted by molar-refractivity contribution is -0.132. The predicted molar refractivity (Wildman–Crippen MR) is 97.4 cm³/mol. The number of amides is 2. The Morgan fingerprint density at radius 3 is 2.24 bits per heavy atom. The number of hydrazine groups is 1. The summed E-state index contributed by atoms with van der Waals surface area (Å²) in [5, 5.41) is 0.606. The van der Waals surface area contributed by atoms with Crippen LogP contribution in [0, 0.1) is 13.8 Å². The maximum absolute atomic E-state index is 12.1. The fraction of sp³-hybridized carbons (Fsp3) is 0.263. The molecule has 0 saturated heterocycles. The molecule has 25 heavy (non-hydrogen) atoms. The van der Waals surface area contributed by atoms with Crippen LogP contribution in [0.2, 0.25) is 5.02 Å². The molecule has 5 nitrogen and oxygen atoms in total. The number of carbonyl (C=O) groups is 2. The first-order valence-corrected chi connectivity index (χ1v) is 8.30. The van der Waals surface area contributed by atoms with E-state index in [1.807, 2.05) is 32.0 Å². The summed E-state index contributed by atoms with van der Waals surface area (Å²) in [7, 11) is 0. The van der Waals surface area contributed by atoms with Crippen LogP contribution in [0.1, 0.15) is 23.6 Å². The minimum Gasteiger partial charge on any atom is -0.480 e. The van der Waals surface area contributed by atoms with Crippen LogP contribution in [0.25, 0.3) is 0 Å². The normalized spacial score (nSPS) is 11.5. The lowest BCUT2D eigenvalue weighted by atomic mass is 10.1. The van der Waals surface area contributed by atoms with Gasteiger partial charge in [0.1, 0.15) is 5.75 Å². The summed E-state index contributed by atoms with van der Waals surface area (Å²) >= 11 is 5.80. The summed E-state index contributed by atoms with van der Waals surface area (Å²) in [6.45, 7) is 5.47. The molecular formula is C19H21ClN2O3. The Morgan fingerprint density at radius 1 is 1.04 bits per heavy atom. The van der Waals surface area contributed by atoms with Gasteiger partial charge in [-0.3, -0.25) is 20.4 Å². The van der Waals surface area contributed by atoms with Crippen LogP contribution in [-0.4, -0.2) is 17.9 Å². The summed E-state index contributed by atoms with van der Waals surface area (Å²) in [4.78, 5) is 24.0. The standard InChI is InChI=1S/C19H21ClN2O3/c1-12-5-4-6-13(2)18(12)25-14(3)19(24)22-21-17(23)11-15-7-9-16(20)10-8-15/h4-10,14H,11H2,1-3H3,(H,21,23)(H,22,24)/t14-/m0/s1. The number of hydrogen-bond donors (Lipinski definition) is 2. The SMILES string of the molecule is Cc1cccc(C)c1O[C@@H](C)C(=O)NNC(=O)Cc1ccc(Cl)cc1. The van der Waals surface area contributed by atoms with Gasteiger partial charge in [-0.1, -0.05) is 41.9 Å².